The molecule has 0 saturated carbocycles. The minimum absolute atomic E-state index is 0.472. The van der Waals surface area contributed by atoms with Gasteiger partial charge in [0.1, 0.15) is 5.75 Å². The summed E-state index contributed by atoms with van der Waals surface area (Å²) in [5, 5.41) is 12.6. The summed E-state index contributed by atoms with van der Waals surface area (Å²) in [4.78, 5) is 0. The summed E-state index contributed by atoms with van der Waals surface area (Å²) in [5.74, 6) is 0.806. The zero-order chi connectivity index (χ0) is 10.4. The van der Waals surface area contributed by atoms with E-state index in [1.54, 1.807) is 0 Å². The van der Waals surface area contributed by atoms with E-state index in [0.717, 1.165) is 11.3 Å². The molecule has 0 amide bonds. The van der Waals surface area contributed by atoms with Crippen molar-refractivity contribution in [3.05, 3.63) is 29.8 Å². The highest BCUT2D eigenvalue weighted by Gasteiger charge is 2.06. The minimum Gasteiger partial charge on any atom is -0.494 e. The maximum absolute atomic E-state index is 9.70. The van der Waals surface area contributed by atoms with Crippen LogP contribution in [-0.2, 0) is 0 Å². The van der Waals surface area contributed by atoms with E-state index in [-0.39, 0.29) is 0 Å². The number of aliphatic hydroxyl groups is 1. The molecule has 14 heavy (non-hydrogen) atoms. The van der Waals surface area contributed by atoms with E-state index in [9.17, 15) is 5.11 Å². The summed E-state index contributed by atoms with van der Waals surface area (Å²) in [5.41, 5.74) is 0.880. The molecule has 0 aromatic heterocycles. The van der Waals surface area contributed by atoms with E-state index >= 15 is 0 Å². The van der Waals surface area contributed by atoms with Gasteiger partial charge in [-0.05, 0) is 31.7 Å². The molecule has 0 radical (unpaired) electrons. The Bertz CT molecular complexity index is 276. The van der Waals surface area contributed by atoms with Gasteiger partial charge in [-0.25, -0.2) is 0 Å². The van der Waals surface area contributed by atoms with Crippen molar-refractivity contribution in [3.63, 3.8) is 0 Å². The lowest BCUT2D eigenvalue weighted by Gasteiger charge is -2.11. The topological polar surface area (TPSA) is 41.5 Å². The second-order valence-electron chi connectivity index (χ2n) is 3.08. The Kier molecular flexibility index (Phi) is 4.43. The van der Waals surface area contributed by atoms with Crippen molar-refractivity contribution in [2.24, 2.45) is 0 Å². The molecule has 0 bridgehead atoms. The fourth-order valence-electron chi connectivity index (χ4n) is 1.29. The third kappa shape index (κ3) is 3.01. The summed E-state index contributed by atoms with van der Waals surface area (Å²) in [7, 11) is 1.82. The third-order valence-electron chi connectivity index (χ3n) is 1.95. The van der Waals surface area contributed by atoms with E-state index in [4.69, 9.17) is 4.74 Å². The first-order chi connectivity index (χ1) is 6.77. The Hall–Kier alpha value is -1.06. The lowest BCUT2D eigenvalue weighted by atomic mass is 10.1. The molecule has 0 aliphatic rings. The van der Waals surface area contributed by atoms with Crippen molar-refractivity contribution in [2.45, 2.75) is 13.0 Å². The summed E-state index contributed by atoms with van der Waals surface area (Å²) >= 11 is 0. The van der Waals surface area contributed by atoms with E-state index in [1.165, 1.54) is 0 Å². The van der Waals surface area contributed by atoms with Gasteiger partial charge < -0.3 is 15.2 Å². The Morgan fingerprint density at radius 1 is 1.50 bits per heavy atom. The first-order valence-electron chi connectivity index (χ1n) is 4.83. The van der Waals surface area contributed by atoms with Crippen LogP contribution in [-0.4, -0.2) is 25.3 Å². The maximum atomic E-state index is 9.70. The SMILES string of the molecule is CCOc1cccc(C(O)CNC)c1. The molecule has 0 heterocycles. The third-order valence-corrected chi connectivity index (χ3v) is 1.95. The molecule has 1 unspecified atom stereocenters. The van der Waals surface area contributed by atoms with E-state index in [0.29, 0.717) is 13.2 Å². The highest BCUT2D eigenvalue weighted by Crippen LogP contribution is 2.18. The van der Waals surface area contributed by atoms with Crippen molar-refractivity contribution < 1.29 is 9.84 Å². The number of aliphatic hydroxyl groups excluding tert-OH is 1. The van der Waals surface area contributed by atoms with Crippen LogP contribution < -0.4 is 10.1 Å². The second kappa shape index (κ2) is 5.62. The van der Waals surface area contributed by atoms with E-state index < -0.39 is 6.10 Å². The molecule has 0 aliphatic heterocycles. The van der Waals surface area contributed by atoms with Gasteiger partial charge in [-0.1, -0.05) is 12.1 Å². The second-order valence-corrected chi connectivity index (χ2v) is 3.08. The number of hydrogen-bond donors (Lipinski definition) is 2. The van der Waals surface area contributed by atoms with Gasteiger partial charge >= 0.3 is 0 Å². The van der Waals surface area contributed by atoms with Crippen molar-refractivity contribution in [3.8, 4) is 5.75 Å². The first kappa shape index (κ1) is 11.0. The number of nitrogens with one attached hydrogen (secondary N) is 1. The highest BCUT2D eigenvalue weighted by molar-refractivity contribution is 5.29. The first-order valence-corrected chi connectivity index (χ1v) is 4.83. The minimum atomic E-state index is -0.472. The molecule has 3 heteroatoms. The predicted molar refractivity (Wildman–Crippen MR) is 56.5 cm³/mol. The van der Waals surface area contributed by atoms with Gasteiger partial charge in [-0.15, -0.1) is 0 Å². The van der Waals surface area contributed by atoms with Crippen LogP contribution in [0.2, 0.25) is 0 Å². The van der Waals surface area contributed by atoms with Crippen LogP contribution in [0.5, 0.6) is 5.75 Å². The quantitative estimate of drug-likeness (QED) is 0.745. The Balaban J connectivity index is 2.71. The number of hydrogen-bond acceptors (Lipinski definition) is 3. The molecule has 78 valence electrons. The van der Waals surface area contributed by atoms with Crippen molar-refractivity contribution in [1.82, 2.24) is 5.32 Å². The van der Waals surface area contributed by atoms with E-state index in [2.05, 4.69) is 5.32 Å². The normalized spacial score (nSPS) is 12.5. The van der Waals surface area contributed by atoms with Gasteiger partial charge in [0.05, 0.1) is 12.7 Å². The van der Waals surface area contributed by atoms with Gasteiger partial charge in [-0.3, -0.25) is 0 Å². The molecule has 3 nitrogen and oxygen atoms in total. The Morgan fingerprint density at radius 3 is 2.93 bits per heavy atom. The van der Waals surface area contributed by atoms with Crippen molar-refractivity contribution in [2.75, 3.05) is 20.2 Å². The lowest BCUT2D eigenvalue weighted by molar-refractivity contribution is 0.177. The monoisotopic (exact) mass is 195 g/mol. The molecule has 2 N–H and O–H groups in total. The van der Waals surface area contributed by atoms with Crippen LogP contribution >= 0.6 is 0 Å². The summed E-state index contributed by atoms with van der Waals surface area (Å²) in [6, 6.07) is 7.54. The van der Waals surface area contributed by atoms with Gasteiger partial charge in [0.2, 0.25) is 0 Å². The molecule has 0 fully saturated rings. The molecule has 0 aliphatic carbocycles. The largest absolute Gasteiger partial charge is 0.494 e. The van der Waals surface area contributed by atoms with Crippen molar-refractivity contribution >= 4 is 0 Å². The fraction of sp³-hybridized carbons (Fsp3) is 0.455. The fourth-order valence-corrected chi connectivity index (χ4v) is 1.29. The van der Waals surface area contributed by atoms with Crippen LogP contribution in [0.25, 0.3) is 0 Å². The van der Waals surface area contributed by atoms with Gasteiger partial charge in [0.25, 0.3) is 0 Å². The number of likely N-dealkylation sites (N-methyl/N-ethyl adjacent to an activating group) is 1. The van der Waals surface area contributed by atoms with Gasteiger partial charge in [0, 0.05) is 6.54 Å². The van der Waals surface area contributed by atoms with Crippen LogP contribution in [0.15, 0.2) is 24.3 Å². The molecule has 1 atom stereocenters. The maximum Gasteiger partial charge on any atom is 0.119 e. The van der Waals surface area contributed by atoms with E-state index in [1.807, 2.05) is 38.2 Å². The number of rotatable bonds is 5. The Labute approximate surface area is 84.7 Å². The smallest absolute Gasteiger partial charge is 0.119 e. The number of benzene rings is 1. The average Bonchev–Trinajstić information content (AvgIpc) is 2.19. The van der Waals surface area contributed by atoms with Crippen LogP contribution in [0.3, 0.4) is 0 Å². The molecule has 1 aromatic rings. The van der Waals surface area contributed by atoms with Gasteiger partial charge in [0.15, 0.2) is 0 Å². The highest BCUT2D eigenvalue weighted by atomic mass is 16.5. The standard InChI is InChI=1S/C11H17NO2/c1-3-14-10-6-4-5-9(7-10)11(13)8-12-2/h4-7,11-13H,3,8H2,1-2H3. The average molecular weight is 195 g/mol. The van der Waals surface area contributed by atoms with Gasteiger partial charge in [-0.2, -0.15) is 0 Å². The zero-order valence-electron chi connectivity index (χ0n) is 8.66. The van der Waals surface area contributed by atoms with Crippen LogP contribution in [0.1, 0.15) is 18.6 Å². The summed E-state index contributed by atoms with van der Waals surface area (Å²) in [6.45, 7) is 3.14. The lowest BCUT2D eigenvalue weighted by Crippen LogP contribution is -2.16. The zero-order valence-corrected chi connectivity index (χ0v) is 8.66. The Morgan fingerprint density at radius 2 is 2.29 bits per heavy atom. The van der Waals surface area contributed by atoms with Crippen LogP contribution in [0.4, 0.5) is 0 Å². The van der Waals surface area contributed by atoms with Crippen LogP contribution in [0, 0.1) is 0 Å². The predicted octanol–water partition coefficient (Wildman–Crippen LogP) is 1.34. The summed E-state index contributed by atoms with van der Waals surface area (Å²) < 4.78 is 5.34. The molecule has 1 aromatic carbocycles. The number of ether oxygens (including phenoxy) is 1. The summed E-state index contributed by atoms with van der Waals surface area (Å²) in [6.07, 6.45) is -0.472. The molecular weight excluding hydrogens is 178 g/mol. The van der Waals surface area contributed by atoms with Crippen molar-refractivity contribution in [1.29, 1.82) is 0 Å². The molecule has 0 saturated heterocycles. The molecule has 0 spiro atoms. The molecule has 1 rings (SSSR count). The molecular formula is C11H17NO2.